The van der Waals surface area contributed by atoms with Gasteiger partial charge in [0.1, 0.15) is 5.75 Å². The van der Waals surface area contributed by atoms with Crippen molar-refractivity contribution in [1.82, 2.24) is 5.43 Å². The summed E-state index contributed by atoms with van der Waals surface area (Å²) in [6.07, 6.45) is 1.60. The molecular weight excluding hydrogens is 352 g/mol. The fraction of sp³-hybridized carbons (Fsp3) is 0.200. The highest BCUT2D eigenvalue weighted by atomic mass is 79.9. The number of aryl methyl sites for hydroxylation is 2. The molecule has 4 nitrogen and oxygen atoms in total. The van der Waals surface area contributed by atoms with Crippen molar-refractivity contribution in [3.8, 4) is 5.75 Å². The maximum atomic E-state index is 11.6. The molecule has 1 amide bonds. The molecule has 0 radical (unpaired) electrons. The van der Waals surface area contributed by atoms with E-state index in [1.807, 2.05) is 44.2 Å². The third-order valence-electron chi connectivity index (χ3n) is 2.66. The monoisotopic (exact) mass is 366 g/mol. The largest absolute Gasteiger partial charge is 0.483 e. The molecule has 2 aromatic rings. The van der Waals surface area contributed by atoms with Crippen LogP contribution in [-0.4, -0.2) is 18.7 Å². The summed E-state index contributed by atoms with van der Waals surface area (Å²) in [6, 6.07) is 9.67. The number of rotatable bonds is 5. The number of nitrogens with one attached hydrogen (secondary N) is 1. The van der Waals surface area contributed by atoms with Crippen LogP contribution in [0.15, 0.2) is 39.2 Å². The second kappa shape index (κ2) is 7.38. The summed E-state index contributed by atoms with van der Waals surface area (Å²) in [4.78, 5) is 12.6. The third kappa shape index (κ3) is 4.99. The van der Waals surface area contributed by atoms with Crippen molar-refractivity contribution < 1.29 is 9.53 Å². The molecule has 6 heteroatoms. The number of ether oxygens (including phenoxy) is 1. The van der Waals surface area contributed by atoms with Crippen molar-refractivity contribution >= 4 is 39.4 Å². The Bertz CT molecular complexity index is 667. The molecule has 1 N–H and O–H groups in total. The van der Waals surface area contributed by atoms with Crippen molar-refractivity contribution in [3.05, 3.63) is 50.1 Å². The van der Waals surface area contributed by atoms with E-state index in [0.29, 0.717) is 5.75 Å². The SMILES string of the molecule is Cc1ccc(OCC(=O)NN=Cc2ccc(Br)s2)c(C)c1. The molecular formula is C15H15BrN2O2S. The Labute approximate surface area is 136 Å². The molecule has 0 atom stereocenters. The van der Waals surface area contributed by atoms with Crippen molar-refractivity contribution in [1.29, 1.82) is 0 Å². The van der Waals surface area contributed by atoms with Crippen molar-refractivity contribution in [2.45, 2.75) is 13.8 Å². The summed E-state index contributed by atoms with van der Waals surface area (Å²) in [5, 5.41) is 3.89. The highest BCUT2D eigenvalue weighted by Gasteiger charge is 2.04. The van der Waals surface area contributed by atoms with Crippen LogP contribution in [0, 0.1) is 13.8 Å². The molecule has 0 aliphatic rings. The van der Waals surface area contributed by atoms with Crippen LogP contribution in [0.1, 0.15) is 16.0 Å². The smallest absolute Gasteiger partial charge is 0.277 e. The first-order valence-corrected chi connectivity index (χ1v) is 7.93. The first-order valence-electron chi connectivity index (χ1n) is 6.32. The number of nitrogens with zero attached hydrogens (tertiary/aromatic N) is 1. The van der Waals surface area contributed by atoms with Gasteiger partial charge >= 0.3 is 0 Å². The molecule has 0 aliphatic carbocycles. The quantitative estimate of drug-likeness (QED) is 0.648. The van der Waals surface area contributed by atoms with E-state index < -0.39 is 0 Å². The van der Waals surface area contributed by atoms with Gasteiger partial charge in [-0.15, -0.1) is 11.3 Å². The number of benzene rings is 1. The fourth-order valence-electron chi connectivity index (χ4n) is 1.70. The van der Waals surface area contributed by atoms with Gasteiger partial charge in [-0.05, 0) is 53.5 Å². The van der Waals surface area contributed by atoms with Crippen LogP contribution in [0.2, 0.25) is 0 Å². The van der Waals surface area contributed by atoms with E-state index >= 15 is 0 Å². The van der Waals surface area contributed by atoms with Gasteiger partial charge in [0.2, 0.25) is 0 Å². The zero-order valence-electron chi connectivity index (χ0n) is 11.7. The maximum absolute atomic E-state index is 11.6. The highest BCUT2D eigenvalue weighted by Crippen LogP contribution is 2.20. The van der Waals surface area contributed by atoms with Crippen LogP contribution in [0.5, 0.6) is 5.75 Å². The van der Waals surface area contributed by atoms with Gasteiger partial charge in [-0.2, -0.15) is 5.10 Å². The maximum Gasteiger partial charge on any atom is 0.277 e. The topological polar surface area (TPSA) is 50.7 Å². The molecule has 1 heterocycles. The van der Waals surface area contributed by atoms with Gasteiger partial charge < -0.3 is 4.74 Å². The Morgan fingerprint density at radius 3 is 2.86 bits per heavy atom. The second-order valence-corrected chi connectivity index (χ2v) is 6.99. The first kappa shape index (κ1) is 15.7. The number of hydrazone groups is 1. The van der Waals surface area contributed by atoms with Gasteiger partial charge in [-0.3, -0.25) is 4.79 Å². The summed E-state index contributed by atoms with van der Waals surface area (Å²) in [6.45, 7) is 3.91. The van der Waals surface area contributed by atoms with E-state index in [0.717, 1.165) is 19.8 Å². The number of hydrogen-bond acceptors (Lipinski definition) is 4. The number of thiophene rings is 1. The van der Waals surface area contributed by atoms with Crippen molar-refractivity contribution in [2.24, 2.45) is 5.10 Å². The molecule has 0 unspecified atom stereocenters. The third-order valence-corrected chi connectivity index (χ3v) is 4.22. The lowest BCUT2D eigenvalue weighted by Crippen LogP contribution is -2.24. The molecule has 1 aromatic heterocycles. The second-order valence-electron chi connectivity index (χ2n) is 4.49. The van der Waals surface area contributed by atoms with Crippen molar-refractivity contribution in [3.63, 3.8) is 0 Å². The van der Waals surface area contributed by atoms with E-state index in [1.165, 1.54) is 11.3 Å². The molecule has 110 valence electrons. The van der Waals surface area contributed by atoms with E-state index in [-0.39, 0.29) is 12.5 Å². The molecule has 2 rings (SSSR count). The van der Waals surface area contributed by atoms with Crippen LogP contribution in [0.4, 0.5) is 0 Å². The Kier molecular flexibility index (Phi) is 5.52. The minimum Gasteiger partial charge on any atom is -0.483 e. The minimum absolute atomic E-state index is 0.0601. The molecule has 0 bridgehead atoms. The number of amides is 1. The molecule has 0 saturated carbocycles. The van der Waals surface area contributed by atoms with E-state index in [2.05, 4.69) is 26.5 Å². The number of hydrogen-bond donors (Lipinski definition) is 1. The summed E-state index contributed by atoms with van der Waals surface area (Å²) >= 11 is 4.90. The van der Waals surface area contributed by atoms with Gasteiger partial charge in [0, 0.05) is 4.88 Å². The Morgan fingerprint density at radius 1 is 1.38 bits per heavy atom. The average molecular weight is 367 g/mol. The van der Waals surface area contributed by atoms with Crippen molar-refractivity contribution in [2.75, 3.05) is 6.61 Å². The van der Waals surface area contributed by atoms with E-state index in [9.17, 15) is 4.79 Å². The van der Waals surface area contributed by atoms with Gasteiger partial charge in [-0.25, -0.2) is 5.43 Å². The predicted octanol–water partition coefficient (Wildman–Crippen LogP) is 3.66. The Hall–Kier alpha value is -1.66. The zero-order chi connectivity index (χ0) is 15.2. The average Bonchev–Trinajstić information content (AvgIpc) is 2.83. The lowest BCUT2D eigenvalue weighted by molar-refractivity contribution is -0.123. The predicted molar refractivity (Wildman–Crippen MR) is 89.2 cm³/mol. The van der Waals surface area contributed by atoms with Gasteiger partial charge in [0.15, 0.2) is 6.61 Å². The fourth-order valence-corrected chi connectivity index (χ4v) is 3.00. The number of halogens is 1. The molecule has 1 aromatic carbocycles. The standard InChI is InChI=1S/C15H15BrN2O2S/c1-10-3-5-13(11(2)7-10)20-9-15(19)18-17-8-12-4-6-14(16)21-12/h3-8H,9H2,1-2H3,(H,18,19). The number of carbonyl (C=O) groups is 1. The van der Waals surface area contributed by atoms with Gasteiger partial charge in [-0.1, -0.05) is 17.7 Å². The Balaban J connectivity index is 1.81. The highest BCUT2D eigenvalue weighted by molar-refractivity contribution is 9.11. The lowest BCUT2D eigenvalue weighted by Gasteiger charge is -2.08. The van der Waals surface area contributed by atoms with Gasteiger partial charge in [0.05, 0.1) is 10.0 Å². The summed E-state index contributed by atoms with van der Waals surface area (Å²) in [5.74, 6) is 0.420. The Morgan fingerprint density at radius 2 is 2.19 bits per heavy atom. The summed E-state index contributed by atoms with van der Waals surface area (Å²) in [7, 11) is 0. The molecule has 0 fully saturated rings. The van der Waals surface area contributed by atoms with Crippen LogP contribution in [0.3, 0.4) is 0 Å². The first-order chi connectivity index (χ1) is 10.0. The van der Waals surface area contributed by atoms with E-state index in [4.69, 9.17) is 4.74 Å². The normalized spacial score (nSPS) is 10.8. The zero-order valence-corrected chi connectivity index (χ0v) is 14.1. The van der Waals surface area contributed by atoms with Gasteiger partial charge in [0.25, 0.3) is 5.91 Å². The molecule has 0 spiro atoms. The van der Waals surface area contributed by atoms with Crippen LogP contribution < -0.4 is 10.2 Å². The molecule has 0 saturated heterocycles. The lowest BCUT2D eigenvalue weighted by atomic mass is 10.1. The van der Waals surface area contributed by atoms with E-state index in [1.54, 1.807) is 6.21 Å². The van der Waals surface area contributed by atoms with Crippen LogP contribution in [0.25, 0.3) is 0 Å². The molecule has 0 aliphatic heterocycles. The van der Waals surface area contributed by atoms with Crippen LogP contribution in [-0.2, 0) is 4.79 Å². The van der Waals surface area contributed by atoms with Crippen LogP contribution >= 0.6 is 27.3 Å². The minimum atomic E-state index is -0.290. The molecule has 21 heavy (non-hydrogen) atoms. The number of carbonyl (C=O) groups excluding carboxylic acids is 1. The summed E-state index contributed by atoms with van der Waals surface area (Å²) < 4.78 is 6.49. The summed E-state index contributed by atoms with van der Waals surface area (Å²) in [5.41, 5.74) is 4.61.